The number of anilines is 1. The number of halogens is 4. The smallest absolute Gasteiger partial charge is 0.416 e. The van der Waals surface area contributed by atoms with Gasteiger partial charge in [-0.2, -0.15) is 13.2 Å². The first-order valence-corrected chi connectivity index (χ1v) is 13.5. The summed E-state index contributed by atoms with van der Waals surface area (Å²) in [5, 5.41) is 12.3. The number of nitrogens with one attached hydrogen (secondary N) is 1. The molecule has 42 heavy (non-hydrogen) atoms. The lowest BCUT2D eigenvalue weighted by Gasteiger charge is -2.27. The summed E-state index contributed by atoms with van der Waals surface area (Å²) in [7, 11) is 0. The van der Waals surface area contributed by atoms with Crippen LogP contribution < -0.4 is 21.5 Å². The van der Waals surface area contributed by atoms with Gasteiger partial charge in [0.05, 0.1) is 5.56 Å². The summed E-state index contributed by atoms with van der Waals surface area (Å²) < 4.78 is 41.4. The molecule has 4 rings (SSSR count). The summed E-state index contributed by atoms with van der Waals surface area (Å²) in [4.78, 5) is 24.2. The second-order valence-electron chi connectivity index (χ2n) is 10.1. The van der Waals surface area contributed by atoms with Gasteiger partial charge in [-0.15, -0.1) is 12.4 Å². The average Bonchev–Trinajstić information content (AvgIpc) is 2.97. The van der Waals surface area contributed by atoms with Crippen LogP contribution in [0.5, 0.6) is 5.75 Å². The van der Waals surface area contributed by atoms with Crippen molar-refractivity contribution in [2.45, 2.75) is 50.9 Å². The molecule has 0 saturated heterocycles. The zero-order chi connectivity index (χ0) is 29.8. The third-order valence-corrected chi connectivity index (χ3v) is 7.01. The number of carboxylic acid groups (broad SMARTS) is 1. The summed E-state index contributed by atoms with van der Waals surface area (Å²) in [6.45, 7) is 1.12. The highest BCUT2D eigenvalue weighted by Crippen LogP contribution is 2.29. The minimum atomic E-state index is -4.27. The molecular weight excluding hydrogens is 571 g/mol. The summed E-state index contributed by atoms with van der Waals surface area (Å²) in [6.07, 6.45) is -0.638. The van der Waals surface area contributed by atoms with E-state index in [2.05, 4.69) is 5.32 Å². The lowest BCUT2D eigenvalue weighted by Crippen LogP contribution is -2.45. The standard InChI is InChI=1S/C24H30N2O4.C7H6F3N.ClH/c25-15-18-6-10-20(11-7-18)23(27)26-22(24(28)29)14-17-8-12-21(13-9-17)30-16-19-4-2-1-3-5-19;8-7(9,10)5-1-3-6(11)4-2-5;/h1-5,8-9,12-13,18,20,22H,6-7,10-11,14-16,25H2,(H,26,27)(H,28,29);1-4H,11H2;1H/t18-,20-,22-;;/m0../s1. The summed E-state index contributed by atoms with van der Waals surface area (Å²) in [5.41, 5.74) is 12.5. The number of nitrogen functional groups attached to an aromatic ring is 1. The zero-order valence-corrected chi connectivity index (χ0v) is 23.9. The number of ether oxygens (including phenoxy) is 1. The van der Waals surface area contributed by atoms with Gasteiger partial charge in [0, 0.05) is 18.0 Å². The van der Waals surface area contributed by atoms with E-state index in [1.54, 1.807) is 0 Å². The maximum Gasteiger partial charge on any atom is 0.416 e. The van der Waals surface area contributed by atoms with Crippen LogP contribution in [0.1, 0.15) is 42.4 Å². The molecule has 0 spiro atoms. The number of carbonyl (C=O) groups is 2. The minimum Gasteiger partial charge on any atom is -0.489 e. The van der Waals surface area contributed by atoms with Crippen LogP contribution in [0, 0.1) is 11.8 Å². The fourth-order valence-corrected chi connectivity index (χ4v) is 4.52. The van der Waals surface area contributed by atoms with Crippen molar-refractivity contribution in [3.63, 3.8) is 0 Å². The Balaban J connectivity index is 0.000000433. The summed E-state index contributed by atoms with van der Waals surface area (Å²) in [5.74, 6) is -0.116. The van der Waals surface area contributed by atoms with Crippen molar-refractivity contribution in [2.24, 2.45) is 17.6 Å². The lowest BCUT2D eigenvalue weighted by atomic mass is 9.81. The molecule has 1 saturated carbocycles. The number of alkyl halides is 3. The van der Waals surface area contributed by atoms with Crippen LogP contribution in [0.4, 0.5) is 18.9 Å². The zero-order valence-electron chi connectivity index (χ0n) is 23.1. The van der Waals surface area contributed by atoms with E-state index in [1.807, 2.05) is 54.6 Å². The Labute approximate surface area is 249 Å². The summed E-state index contributed by atoms with van der Waals surface area (Å²) in [6, 6.07) is 20.6. The van der Waals surface area contributed by atoms with Crippen LogP contribution in [0.15, 0.2) is 78.9 Å². The quantitative estimate of drug-likeness (QED) is 0.226. The molecule has 1 atom stereocenters. The van der Waals surface area contributed by atoms with Crippen molar-refractivity contribution in [1.29, 1.82) is 0 Å². The normalized spacial score (nSPS) is 17.0. The Morgan fingerprint density at radius 1 is 0.905 bits per heavy atom. The molecular formula is C31H37ClF3N3O4. The van der Waals surface area contributed by atoms with E-state index >= 15 is 0 Å². The van der Waals surface area contributed by atoms with Crippen molar-refractivity contribution < 1.29 is 32.6 Å². The number of amides is 1. The number of carbonyl (C=O) groups excluding carboxylic acids is 1. The molecule has 7 nitrogen and oxygen atoms in total. The molecule has 228 valence electrons. The lowest BCUT2D eigenvalue weighted by molar-refractivity contribution is -0.142. The monoisotopic (exact) mass is 607 g/mol. The topological polar surface area (TPSA) is 128 Å². The first-order valence-electron chi connectivity index (χ1n) is 13.5. The fourth-order valence-electron chi connectivity index (χ4n) is 4.52. The first kappa shape index (κ1) is 34.4. The van der Waals surface area contributed by atoms with Crippen molar-refractivity contribution in [3.05, 3.63) is 95.6 Å². The Morgan fingerprint density at radius 3 is 2.02 bits per heavy atom. The third-order valence-electron chi connectivity index (χ3n) is 7.01. The van der Waals surface area contributed by atoms with Crippen LogP contribution in [-0.2, 0) is 28.8 Å². The van der Waals surface area contributed by atoms with Gasteiger partial charge in [-0.05, 0) is 85.7 Å². The number of hydrogen-bond acceptors (Lipinski definition) is 5. The Bertz CT molecular complexity index is 1240. The van der Waals surface area contributed by atoms with E-state index in [0.717, 1.165) is 54.7 Å². The molecule has 0 unspecified atom stereocenters. The van der Waals surface area contributed by atoms with Crippen LogP contribution in [0.3, 0.4) is 0 Å². The molecule has 3 aromatic carbocycles. The van der Waals surface area contributed by atoms with E-state index in [9.17, 15) is 27.9 Å². The maximum atomic E-state index is 12.5. The van der Waals surface area contributed by atoms with Gasteiger partial charge < -0.3 is 26.6 Å². The molecule has 6 N–H and O–H groups in total. The van der Waals surface area contributed by atoms with E-state index in [-0.39, 0.29) is 30.7 Å². The molecule has 1 fully saturated rings. The van der Waals surface area contributed by atoms with Gasteiger partial charge in [0.2, 0.25) is 5.91 Å². The van der Waals surface area contributed by atoms with Crippen molar-refractivity contribution in [2.75, 3.05) is 12.3 Å². The Hall–Kier alpha value is -3.76. The molecule has 0 aromatic heterocycles. The maximum absolute atomic E-state index is 12.5. The Morgan fingerprint density at radius 2 is 1.50 bits per heavy atom. The highest BCUT2D eigenvalue weighted by Gasteiger charge is 2.30. The second-order valence-corrected chi connectivity index (χ2v) is 10.1. The molecule has 1 amide bonds. The largest absolute Gasteiger partial charge is 0.489 e. The predicted octanol–water partition coefficient (Wildman–Crippen LogP) is 5.85. The number of aliphatic carboxylic acids is 1. The van der Waals surface area contributed by atoms with Crippen molar-refractivity contribution >= 4 is 30.0 Å². The fraction of sp³-hybridized carbons (Fsp3) is 0.355. The van der Waals surface area contributed by atoms with Crippen molar-refractivity contribution in [3.8, 4) is 5.75 Å². The minimum absolute atomic E-state index is 0. The van der Waals surface area contributed by atoms with Gasteiger partial charge in [0.15, 0.2) is 0 Å². The highest BCUT2D eigenvalue weighted by molar-refractivity contribution is 5.85. The molecule has 3 aromatic rings. The van der Waals surface area contributed by atoms with Gasteiger partial charge in [0.25, 0.3) is 0 Å². The highest BCUT2D eigenvalue weighted by atomic mass is 35.5. The number of carboxylic acids is 1. The number of benzene rings is 3. The number of hydrogen-bond donors (Lipinski definition) is 4. The van der Waals surface area contributed by atoms with Gasteiger partial charge in [-0.3, -0.25) is 4.79 Å². The molecule has 11 heteroatoms. The predicted molar refractivity (Wildman–Crippen MR) is 158 cm³/mol. The molecule has 1 aliphatic rings. The SMILES string of the molecule is Cl.NC[C@H]1CC[C@H](C(=O)N[C@@H](Cc2ccc(OCc3ccccc3)cc2)C(=O)O)CC1.Nc1ccc(C(F)(F)F)cc1. The van der Waals surface area contributed by atoms with Crippen molar-refractivity contribution in [1.82, 2.24) is 5.32 Å². The third kappa shape index (κ3) is 11.3. The molecule has 0 radical (unpaired) electrons. The molecule has 1 aliphatic carbocycles. The van der Waals surface area contributed by atoms with E-state index in [0.29, 0.717) is 24.8 Å². The second kappa shape index (κ2) is 16.6. The van der Waals surface area contributed by atoms with Gasteiger partial charge in [-0.25, -0.2) is 4.79 Å². The first-order chi connectivity index (χ1) is 19.5. The molecule has 0 bridgehead atoms. The van der Waals surface area contributed by atoms with Crippen LogP contribution in [-0.4, -0.2) is 29.6 Å². The molecule has 0 heterocycles. The van der Waals surface area contributed by atoms with E-state index in [1.165, 1.54) is 12.1 Å². The average molecular weight is 608 g/mol. The van der Waals surface area contributed by atoms with Gasteiger partial charge >= 0.3 is 12.1 Å². The van der Waals surface area contributed by atoms with Gasteiger partial charge in [0.1, 0.15) is 18.4 Å². The summed E-state index contributed by atoms with van der Waals surface area (Å²) >= 11 is 0. The van der Waals surface area contributed by atoms with Crippen LogP contribution in [0.2, 0.25) is 0 Å². The van der Waals surface area contributed by atoms with Crippen LogP contribution in [0.25, 0.3) is 0 Å². The number of nitrogens with two attached hydrogens (primary N) is 2. The number of rotatable bonds is 9. The Kier molecular flexibility index (Phi) is 13.6. The van der Waals surface area contributed by atoms with E-state index in [4.69, 9.17) is 16.2 Å². The van der Waals surface area contributed by atoms with Crippen LogP contribution >= 0.6 is 12.4 Å². The van der Waals surface area contributed by atoms with E-state index < -0.39 is 23.8 Å². The molecule has 0 aliphatic heterocycles. The van der Waals surface area contributed by atoms with Gasteiger partial charge in [-0.1, -0.05) is 42.5 Å².